The van der Waals surface area contributed by atoms with Gasteiger partial charge in [0.05, 0.1) is 5.41 Å². The number of esters is 2. The minimum atomic E-state index is -1.46. The van der Waals surface area contributed by atoms with Gasteiger partial charge in [0, 0.05) is 26.8 Å². The molecule has 3 aromatic rings. The summed E-state index contributed by atoms with van der Waals surface area (Å²) in [6.07, 6.45) is 4.90. The first-order chi connectivity index (χ1) is 16.9. The second-order valence-corrected chi connectivity index (χ2v) is 10.1. The Balaban J connectivity index is 1.49. The smallest absolute Gasteiger partial charge is 0.337 e. The molecule has 6 heteroatoms. The summed E-state index contributed by atoms with van der Waals surface area (Å²) in [5, 5.41) is 1.09. The molecule has 0 unspecified atom stereocenters. The van der Waals surface area contributed by atoms with Gasteiger partial charge in [-0.05, 0) is 60.2 Å². The minimum absolute atomic E-state index is 0.374. The minimum Gasteiger partial charge on any atom is -0.414 e. The van der Waals surface area contributed by atoms with Crippen LogP contribution in [-0.4, -0.2) is 11.9 Å². The number of hydrogen-bond acceptors (Lipinski definition) is 4. The average Bonchev–Trinajstić information content (AvgIpc) is 3.11. The van der Waals surface area contributed by atoms with Crippen LogP contribution in [0.15, 0.2) is 83.9 Å². The molecule has 35 heavy (non-hydrogen) atoms. The lowest BCUT2D eigenvalue weighted by Gasteiger charge is -2.50. The topological polar surface area (TPSA) is 52.6 Å². The SMILES string of the molecule is O=C1OC23OC(=O)/C(=C/c4ccccc4Cl)CC2(C/C1=C\c1ccccc1Cl)Cc1ccccc13. The Morgan fingerprint density at radius 3 is 1.69 bits per heavy atom. The lowest BCUT2D eigenvalue weighted by atomic mass is 9.67. The van der Waals surface area contributed by atoms with E-state index in [1.165, 1.54) is 0 Å². The van der Waals surface area contributed by atoms with Crippen LogP contribution < -0.4 is 0 Å². The first kappa shape index (κ1) is 22.1. The quantitative estimate of drug-likeness (QED) is 0.287. The number of carbonyl (C=O) groups is 2. The van der Waals surface area contributed by atoms with E-state index in [1.54, 1.807) is 24.3 Å². The van der Waals surface area contributed by atoms with Crippen molar-refractivity contribution >= 4 is 47.3 Å². The van der Waals surface area contributed by atoms with Crippen molar-refractivity contribution in [2.45, 2.75) is 25.0 Å². The van der Waals surface area contributed by atoms with Crippen molar-refractivity contribution in [2.75, 3.05) is 0 Å². The lowest BCUT2D eigenvalue weighted by molar-refractivity contribution is -0.289. The maximum atomic E-state index is 13.3. The van der Waals surface area contributed by atoms with E-state index >= 15 is 0 Å². The van der Waals surface area contributed by atoms with Crippen molar-refractivity contribution in [1.82, 2.24) is 0 Å². The summed E-state index contributed by atoms with van der Waals surface area (Å²) in [5.41, 5.74) is 3.52. The highest BCUT2D eigenvalue weighted by Crippen LogP contribution is 2.64. The second kappa shape index (κ2) is 8.11. The number of rotatable bonds is 2. The van der Waals surface area contributed by atoms with E-state index in [2.05, 4.69) is 0 Å². The van der Waals surface area contributed by atoms with Gasteiger partial charge in [-0.3, -0.25) is 0 Å². The number of carbonyl (C=O) groups excluding carboxylic acids is 2. The second-order valence-electron chi connectivity index (χ2n) is 9.25. The molecule has 0 N–H and O–H groups in total. The van der Waals surface area contributed by atoms with E-state index in [9.17, 15) is 9.59 Å². The third kappa shape index (κ3) is 3.43. The third-order valence-corrected chi connectivity index (χ3v) is 7.81. The largest absolute Gasteiger partial charge is 0.414 e. The van der Waals surface area contributed by atoms with Crippen molar-refractivity contribution < 1.29 is 19.1 Å². The number of benzene rings is 3. The Morgan fingerprint density at radius 1 is 0.657 bits per heavy atom. The fourth-order valence-electron chi connectivity index (χ4n) is 5.57. The zero-order chi connectivity index (χ0) is 24.2. The van der Waals surface area contributed by atoms with E-state index in [1.807, 2.05) is 60.7 Å². The highest BCUT2D eigenvalue weighted by atomic mass is 35.5. The highest BCUT2D eigenvalue weighted by Gasteiger charge is 2.69. The molecule has 0 bridgehead atoms. The van der Waals surface area contributed by atoms with Gasteiger partial charge in [-0.2, -0.15) is 0 Å². The van der Waals surface area contributed by atoms with Crippen molar-refractivity contribution in [3.05, 3.63) is 116 Å². The van der Waals surface area contributed by atoms with Crippen LogP contribution in [0.5, 0.6) is 0 Å². The van der Waals surface area contributed by atoms with Gasteiger partial charge in [0.2, 0.25) is 0 Å². The van der Waals surface area contributed by atoms with Crippen LogP contribution in [0.2, 0.25) is 10.0 Å². The molecule has 1 aliphatic carbocycles. The molecule has 0 saturated carbocycles. The van der Waals surface area contributed by atoms with Crippen LogP contribution in [0.1, 0.15) is 35.1 Å². The van der Waals surface area contributed by atoms with Gasteiger partial charge >= 0.3 is 11.9 Å². The fourth-order valence-corrected chi connectivity index (χ4v) is 5.96. The van der Waals surface area contributed by atoms with Crippen molar-refractivity contribution in [3.63, 3.8) is 0 Å². The van der Waals surface area contributed by atoms with Crippen molar-refractivity contribution in [1.29, 1.82) is 0 Å². The molecule has 0 radical (unpaired) electrons. The Labute approximate surface area is 212 Å². The number of fused-ring (bicyclic) bond motifs is 1. The van der Waals surface area contributed by atoms with Crippen LogP contribution in [0.4, 0.5) is 0 Å². The van der Waals surface area contributed by atoms with Crippen LogP contribution >= 0.6 is 23.2 Å². The Morgan fingerprint density at radius 2 is 1.14 bits per heavy atom. The van der Waals surface area contributed by atoms with E-state index in [0.717, 1.165) is 22.3 Å². The number of hydrogen-bond donors (Lipinski definition) is 0. The molecule has 2 saturated heterocycles. The van der Waals surface area contributed by atoms with Gasteiger partial charge in [-0.15, -0.1) is 0 Å². The summed E-state index contributed by atoms with van der Waals surface area (Å²) in [6, 6.07) is 22.4. The summed E-state index contributed by atoms with van der Waals surface area (Å²) < 4.78 is 12.2. The molecule has 2 heterocycles. The molecule has 174 valence electrons. The Hall–Kier alpha value is -3.34. The summed E-state index contributed by atoms with van der Waals surface area (Å²) in [5.74, 6) is -2.49. The van der Waals surface area contributed by atoms with E-state index in [0.29, 0.717) is 40.5 Å². The summed E-state index contributed by atoms with van der Waals surface area (Å²) in [7, 11) is 0. The molecular weight excluding hydrogens is 483 g/mol. The van der Waals surface area contributed by atoms with Crippen LogP contribution in [-0.2, 0) is 31.3 Å². The number of ether oxygens (including phenoxy) is 2. The van der Waals surface area contributed by atoms with Gasteiger partial charge in [-0.1, -0.05) is 83.9 Å². The van der Waals surface area contributed by atoms with Crippen LogP contribution in [0.25, 0.3) is 12.2 Å². The fraction of sp³-hybridized carbons (Fsp3) is 0.172. The van der Waals surface area contributed by atoms with E-state index in [-0.39, 0.29) is 0 Å². The monoisotopic (exact) mass is 502 g/mol. The first-order valence-electron chi connectivity index (χ1n) is 11.4. The summed E-state index contributed by atoms with van der Waals surface area (Å²) in [4.78, 5) is 26.6. The van der Waals surface area contributed by atoms with Crippen LogP contribution in [0, 0.1) is 5.41 Å². The third-order valence-electron chi connectivity index (χ3n) is 7.12. The molecule has 2 aliphatic heterocycles. The van der Waals surface area contributed by atoms with Gasteiger partial charge < -0.3 is 9.47 Å². The van der Waals surface area contributed by atoms with Crippen molar-refractivity contribution in [3.8, 4) is 0 Å². The van der Waals surface area contributed by atoms with Crippen LogP contribution in [0.3, 0.4) is 0 Å². The summed E-state index contributed by atoms with van der Waals surface area (Å²) in [6.45, 7) is 0. The molecule has 0 amide bonds. The van der Waals surface area contributed by atoms with Gasteiger partial charge in [0.25, 0.3) is 5.79 Å². The van der Waals surface area contributed by atoms with E-state index in [4.69, 9.17) is 32.7 Å². The van der Waals surface area contributed by atoms with Gasteiger partial charge in [0.15, 0.2) is 0 Å². The molecule has 0 aromatic heterocycles. The molecule has 6 rings (SSSR count). The predicted octanol–water partition coefficient (Wildman–Crippen LogP) is 6.75. The average molecular weight is 503 g/mol. The molecule has 0 atom stereocenters. The maximum Gasteiger partial charge on any atom is 0.337 e. The first-order valence-corrected chi connectivity index (χ1v) is 12.1. The normalized spacial score (nSPS) is 27.1. The molecule has 4 nitrogen and oxygen atoms in total. The van der Waals surface area contributed by atoms with E-state index < -0.39 is 23.1 Å². The van der Waals surface area contributed by atoms with Gasteiger partial charge in [-0.25, -0.2) is 9.59 Å². The standard InChI is InChI=1S/C29H20Cl2O4/c30-24-11-5-2-7-18(24)13-21-16-28-15-20-9-1-4-10-23(20)29(28,34-26(21)32)35-27(33)22(17-28)14-19-8-3-6-12-25(19)31/h1-14H,15-17H2/b21-13+,22-14+. The molecule has 3 aliphatic rings. The Bertz CT molecular complexity index is 1370. The lowest BCUT2D eigenvalue weighted by Crippen LogP contribution is -2.56. The number of halogens is 2. The van der Waals surface area contributed by atoms with Gasteiger partial charge in [0.1, 0.15) is 0 Å². The van der Waals surface area contributed by atoms with Crippen molar-refractivity contribution in [2.24, 2.45) is 5.41 Å². The maximum absolute atomic E-state index is 13.3. The molecule has 3 aromatic carbocycles. The summed E-state index contributed by atoms with van der Waals surface area (Å²) >= 11 is 12.7. The highest BCUT2D eigenvalue weighted by molar-refractivity contribution is 6.32. The zero-order valence-electron chi connectivity index (χ0n) is 18.6. The molecular formula is C29H20Cl2O4. The Kier molecular flexibility index (Phi) is 5.13. The zero-order valence-corrected chi connectivity index (χ0v) is 20.1. The molecule has 2 fully saturated rings. The molecule has 0 spiro atoms. The predicted molar refractivity (Wildman–Crippen MR) is 135 cm³/mol.